The number of nitrogens with zero attached hydrogens (tertiary/aromatic N) is 2. The lowest BCUT2D eigenvalue weighted by molar-refractivity contribution is 0.0696. The summed E-state index contributed by atoms with van der Waals surface area (Å²) in [4.78, 5) is 29.6. The van der Waals surface area contributed by atoms with Gasteiger partial charge in [0.05, 0.1) is 5.56 Å². The summed E-state index contributed by atoms with van der Waals surface area (Å²) in [5.41, 5.74) is 0.0567. The first-order valence-corrected chi connectivity index (χ1v) is 5.18. The topological polar surface area (TPSA) is 92.2 Å². The second-order valence-electron chi connectivity index (χ2n) is 3.56. The number of rotatable bonds is 3. The maximum atomic E-state index is 12.9. The molecule has 0 fully saturated rings. The molecule has 1 amide bonds. The molecule has 0 saturated heterocycles. The highest BCUT2D eigenvalue weighted by molar-refractivity contribution is 6.04. The summed E-state index contributed by atoms with van der Waals surface area (Å²) in [5.74, 6) is -2.44. The monoisotopic (exact) mass is 261 g/mol. The average molecular weight is 261 g/mol. The Balaban J connectivity index is 2.19. The number of halogens is 1. The van der Waals surface area contributed by atoms with Gasteiger partial charge in [0.1, 0.15) is 5.82 Å². The van der Waals surface area contributed by atoms with E-state index < -0.39 is 17.8 Å². The molecule has 7 heteroatoms. The van der Waals surface area contributed by atoms with Crippen LogP contribution < -0.4 is 5.32 Å². The second kappa shape index (κ2) is 5.21. The van der Waals surface area contributed by atoms with Crippen LogP contribution in [0.1, 0.15) is 20.7 Å². The molecule has 2 N–H and O–H groups in total. The lowest BCUT2D eigenvalue weighted by atomic mass is 10.2. The number of aromatic nitrogens is 2. The highest BCUT2D eigenvalue weighted by Crippen LogP contribution is 2.09. The molecule has 0 radical (unpaired) electrons. The Labute approximate surface area is 106 Å². The van der Waals surface area contributed by atoms with E-state index in [4.69, 9.17) is 5.11 Å². The van der Waals surface area contributed by atoms with Crippen LogP contribution in [0.4, 0.5) is 10.2 Å². The number of hydrogen-bond donors (Lipinski definition) is 2. The fraction of sp³-hybridized carbons (Fsp3) is 0. The maximum absolute atomic E-state index is 12.9. The van der Waals surface area contributed by atoms with Crippen LogP contribution in [0.3, 0.4) is 0 Å². The van der Waals surface area contributed by atoms with Gasteiger partial charge >= 0.3 is 5.97 Å². The van der Waals surface area contributed by atoms with Crippen molar-refractivity contribution in [2.45, 2.75) is 0 Å². The summed E-state index contributed by atoms with van der Waals surface area (Å²) in [6.45, 7) is 0. The Kier molecular flexibility index (Phi) is 3.46. The van der Waals surface area contributed by atoms with Gasteiger partial charge in [-0.2, -0.15) is 4.39 Å². The molecule has 0 unspecified atom stereocenters. The van der Waals surface area contributed by atoms with Crippen LogP contribution in [0.25, 0.3) is 0 Å². The Bertz CT molecular complexity index is 646. The van der Waals surface area contributed by atoms with Crippen molar-refractivity contribution in [3.63, 3.8) is 0 Å². The number of nitrogens with one attached hydrogen (secondary N) is 1. The molecule has 0 saturated carbocycles. The first-order valence-electron chi connectivity index (χ1n) is 5.18. The first-order chi connectivity index (χ1) is 9.06. The third-order valence-electron chi connectivity index (χ3n) is 2.24. The minimum atomic E-state index is -1.13. The van der Waals surface area contributed by atoms with Crippen molar-refractivity contribution in [1.29, 1.82) is 0 Å². The summed E-state index contributed by atoms with van der Waals surface area (Å²) in [5, 5.41) is 11.2. The third-order valence-corrected chi connectivity index (χ3v) is 2.24. The number of aromatic carboxylic acids is 1. The minimum Gasteiger partial charge on any atom is -0.478 e. The standard InChI is InChI=1S/C12H8FN3O3/c13-9-5-7(1-3-14-9)11(17)16-10-6-8(12(18)19)2-4-15-10/h1-6H,(H,18,19)(H,15,16,17). The van der Waals surface area contributed by atoms with E-state index in [1.54, 1.807) is 0 Å². The summed E-state index contributed by atoms with van der Waals surface area (Å²) >= 11 is 0. The second-order valence-corrected chi connectivity index (χ2v) is 3.56. The van der Waals surface area contributed by atoms with Crippen molar-refractivity contribution >= 4 is 17.7 Å². The molecule has 0 aliphatic carbocycles. The quantitative estimate of drug-likeness (QED) is 0.818. The van der Waals surface area contributed by atoms with Crippen molar-refractivity contribution < 1.29 is 19.1 Å². The summed E-state index contributed by atoms with van der Waals surface area (Å²) < 4.78 is 12.9. The number of carbonyl (C=O) groups is 2. The molecule has 0 aliphatic heterocycles. The molecule has 6 nitrogen and oxygen atoms in total. The van der Waals surface area contributed by atoms with Crippen molar-refractivity contribution in [3.8, 4) is 0 Å². The largest absolute Gasteiger partial charge is 0.478 e. The predicted octanol–water partition coefficient (Wildman–Crippen LogP) is 1.57. The van der Waals surface area contributed by atoms with Crippen LogP contribution in [0.5, 0.6) is 0 Å². The van der Waals surface area contributed by atoms with E-state index >= 15 is 0 Å². The fourth-order valence-electron chi connectivity index (χ4n) is 1.36. The molecule has 96 valence electrons. The molecule has 2 aromatic rings. The van der Waals surface area contributed by atoms with Gasteiger partial charge in [-0.15, -0.1) is 0 Å². The zero-order chi connectivity index (χ0) is 13.8. The molecule has 0 bridgehead atoms. The third kappa shape index (κ3) is 3.09. The maximum Gasteiger partial charge on any atom is 0.335 e. The van der Waals surface area contributed by atoms with Crippen LogP contribution in [0, 0.1) is 5.95 Å². The highest BCUT2D eigenvalue weighted by Gasteiger charge is 2.10. The van der Waals surface area contributed by atoms with E-state index in [-0.39, 0.29) is 16.9 Å². The molecule has 0 aliphatic rings. The van der Waals surface area contributed by atoms with Crippen LogP contribution >= 0.6 is 0 Å². The van der Waals surface area contributed by atoms with E-state index in [1.807, 2.05) is 0 Å². The Morgan fingerprint density at radius 2 is 1.79 bits per heavy atom. The number of carboxylic acid groups (broad SMARTS) is 1. The van der Waals surface area contributed by atoms with Crippen LogP contribution in [-0.4, -0.2) is 27.0 Å². The van der Waals surface area contributed by atoms with E-state index in [9.17, 15) is 14.0 Å². The molecule has 0 spiro atoms. The van der Waals surface area contributed by atoms with Gasteiger partial charge in [-0.1, -0.05) is 0 Å². The van der Waals surface area contributed by atoms with E-state index in [2.05, 4.69) is 15.3 Å². The van der Waals surface area contributed by atoms with E-state index in [0.717, 1.165) is 12.3 Å². The number of carbonyl (C=O) groups excluding carboxylic acids is 1. The molecule has 19 heavy (non-hydrogen) atoms. The van der Waals surface area contributed by atoms with Crippen LogP contribution in [-0.2, 0) is 0 Å². The van der Waals surface area contributed by atoms with Gasteiger partial charge in [0.15, 0.2) is 0 Å². The van der Waals surface area contributed by atoms with Crippen molar-refractivity contribution in [1.82, 2.24) is 9.97 Å². The summed E-state index contributed by atoms with van der Waals surface area (Å²) in [6.07, 6.45) is 2.41. The van der Waals surface area contributed by atoms with Crippen molar-refractivity contribution in [2.24, 2.45) is 0 Å². The minimum absolute atomic E-state index is 0.00814. The normalized spacial score (nSPS) is 9.95. The zero-order valence-electron chi connectivity index (χ0n) is 9.50. The number of pyridine rings is 2. The zero-order valence-corrected chi connectivity index (χ0v) is 9.50. The number of anilines is 1. The van der Waals surface area contributed by atoms with Gasteiger partial charge in [-0.05, 0) is 18.2 Å². The molecular formula is C12H8FN3O3. The van der Waals surface area contributed by atoms with Gasteiger partial charge in [-0.25, -0.2) is 14.8 Å². The SMILES string of the molecule is O=C(O)c1ccnc(NC(=O)c2ccnc(F)c2)c1. The average Bonchev–Trinajstić information content (AvgIpc) is 2.39. The van der Waals surface area contributed by atoms with E-state index in [0.29, 0.717) is 0 Å². The highest BCUT2D eigenvalue weighted by atomic mass is 19.1. The van der Waals surface area contributed by atoms with Crippen molar-refractivity contribution in [2.75, 3.05) is 5.32 Å². The Morgan fingerprint density at radius 1 is 1.11 bits per heavy atom. The Hall–Kier alpha value is -2.83. The van der Waals surface area contributed by atoms with Crippen LogP contribution in [0.2, 0.25) is 0 Å². The van der Waals surface area contributed by atoms with Gasteiger partial charge in [0.2, 0.25) is 5.95 Å². The summed E-state index contributed by atoms with van der Waals surface area (Å²) in [6, 6.07) is 4.80. The molecule has 2 heterocycles. The molecule has 2 aromatic heterocycles. The number of amides is 1. The smallest absolute Gasteiger partial charge is 0.335 e. The molecule has 0 atom stereocenters. The lowest BCUT2D eigenvalue weighted by Crippen LogP contribution is -2.14. The van der Waals surface area contributed by atoms with Crippen molar-refractivity contribution in [3.05, 3.63) is 53.7 Å². The fourth-order valence-corrected chi connectivity index (χ4v) is 1.36. The Morgan fingerprint density at radius 3 is 2.47 bits per heavy atom. The molecular weight excluding hydrogens is 253 g/mol. The lowest BCUT2D eigenvalue weighted by Gasteiger charge is -2.04. The molecule has 0 aromatic carbocycles. The van der Waals surface area contributed by atoms with Gasteiger partial charge in [0.25, 0.3) is 5.91 Å². The van der Waals surface area contributed by atoms with E-state index in [1.165, 1.54) is 24.4 Å². The predicted molar refractivity (Wildman–Crippen MR) is 63.3 cm³/mol. The van der Waals surface area contributed by atoms with Crippen LogP contribution in [0.15, 0.2) is 36.7 Å². The summed E-state index contributed by atoms with van der Waals surface area (Å²) in [7, 11) is 0. The van der Waals surface area contributed by atoms with Gasteiger partial charge in [-0.3, -0.25) is 4.79 Å². The first kappa shape index (κ1) is 12.6. The van der Waals surface area contributed by atoms with Gasteiger partial charge < -0.3 is 10.4 Å². The number of hydrogen-bond acceptors (Lipinski definition) is 4. The number of carboxylic acids is 1. The van der Waals surface area contributed by atoms with Gasteiger partial charge in [0, 0.05) is 24.0 Å². The molecule has 2 rings (SSSR count).